The van der Waals surface area contributed by atoms with Crippen molar-refractivity contribution >= 4 is 21.7 Å². The maximum atomic E-state index is 13.3. The van der Waals surface area contributed by atoms with E-state index >= 15 is 0 Å². The number of carbonyl (C=O) groups excluding carboxylic acids is 1. The van der Waals surface area contributed by atoms with Crippen molar-refractivity contribution in [3.05, 3.63) is 29.8 Å². The van der Waals surface area contributed by atoms with Gasteiger partial charge < -0.3 is 10.0 Å². The molecule has 1 N–H and O–H groups in total. The number of rotatable bonds is 7. The predicted molar refractivity (Wildman–Crippen MR) is 94.1 cm³/mol. The molecule has 7 heteroatoms. The highest BCUT2D eigenvalue weighted by Crippen LogP contribution is 2.42. The first-order valence-corrected chi connectivity index (χ1v) is 10.1. The van der Waals surface area contributed by atoms with Crippen LogP contribution >= 0.6 is 0 Å². The third kappa shape index (κ3) is 3.71. The van der Waals surface area contributed by atoms with Crippen molar-refractivity contribution in [1.29, 1.82) is 0 Å². The molecule has 1 fully saturated rings. The Labute approximate surface area is 148 Å². The van der Waals surface area contributed by atoms with Gasteiger partial charge in [0.1, 0.15) is 6.54 Å². The number of benzene rings is 1. The monoisotopic (exact) mass is 367 g/mol. The lowest BCUT2D eigenvalue weighted by Crippen LogP contribution is -2.53. The molecular formula is C18H25NO5S. The van der Waals surface area contributed by atoms with Crippen molar-refractivity contribution in [2.45, 2.75) is 55.6 Å². The van der Waals surface area contributed by atoms with Crippen LogP contribution in [0.5, 0.6) is 0 Å². The summed E-state index contributed by atoms with van der Waals surface area (Å²) in [5, 5.41) is 9.09. The van der Waals surface area contributed by atoms with Gasteiger partial charge >= 0.3 is 5.97 Å². The molecule has 138 valence electrons. The SMILES string of the molecule is CCCN(CC(=O)O)C(=O)C1(S(=O)(=O)c2ccc(C)cc2)CCCC1. The molecule has 2 rings (SSSR count). The van der Waals surface area contributed by atoms with Crippen LogP contribution in [0.1, 0.15) is 44.6 Å². The molecule has 1 saturated carbocycles. The number of carboxylic acid groups (broad SMARTS) is 1. The molecule has 25 heavy (non-hydrogen) atoms. The van der Waals surface area contributed by atoms with Crippen LogP contribution < -0.4 is 0 Å². The Morgan fingerprint density at radius 2 is 1.72 bits per heavy atom. The molecule has 6 nitrogen and oxygen atoms in total. The van der Waals surface area contributed by atoms with Crippen molar-refractivity contribution in [1.82, 2.24) is 4.90 Å². The fourth-order valence-electron chi connectivity index (χ4n) is 3.46. The molecular weight excluding hydrogens is 342 g/mol. The van der Waals surface area contributed by atoms with Crippen LogP contribution in [-0.2, 0) is 19.4 Å². The molecule has 0 aliphatic heterocycles. The van der Waals surface area contributed by atoms with Crippen molar-refractivity contribution in [3.63, 3.8) is 0 Å². The summed E-state index contributed by atoms with van der Waals surface area (Å²) in [7, 11) is -3.90. The summed E-state index contributed by atoms with van der Waals surface area (Å²) in [5.74, 6) is -1.71. The Balaban J connectivity index is 2.48. The molecule has 0 spiro atoms. The van der Waals surface area contributed by atoms with Crippen molar-refractivity contribution in [3.8, 4) is 0 Å². The first kappa shape index (κ1) is 19.4. The van der Waals surface area contributed by atoms with Crippen LogP contribution in [0.25, 0.3) is 0 Å². The van der Waals surface area contributed by atoms with Gasteiger partial charge in [-0.15, -0.1) is 0 Å². The van der Waals surface area contributed by atoms with Gasteiger partial charge in [-0.2, -0.15) is 0 Å². The van der Waals surface area contributed by atoms with Gasteiger partial charge in [-0.3, -0.25) is 9.59 Å². The summed E-state index contributed by atoms with van der Waals surface area (Å²) in [6.07, 6.45) is 2.33. The molecule has 0 aromatic heterocycles. The Kier molecular flexibility index (Phi) is 5.87. The highest BCUT2D eigenvalue weighted by molar-refractivity contribution is 7.93. The Morgan fingerprint density at radius 1 is 1.16 bits per heavy atom. The van der Waals surface area contributed by atoms with E-state index in [0.29, 0.717) is 19.3 Å². The van der Waals surface area contributed by atoms with E-state index in [4.69, 9.17) is 5.11 Å². The van der Waals surface area contributed by atoms with Crippen molar-refractivity contribution < 1.29 is 23.1 Å². The number of hydrogen-bond acceptors (Lipinski definition) is 4. The van der Waals surface area contributed by atoms with Crippen LogP contribution in [0.15, 0.2) is 29.2 Å². The van der Waals surface area contributed by atoms with Gasteiger partial charge in [0.05, 0.1) is 4.90 Å². The molecule has 1 aliphatic carbocycles. The molecule has 0 heterocycles. The lowest BCUT2D eigenvalue weighted by atomic mass is 10.1. The second kappa shape index (κ2) is 7.56. The number of aliphatic carboxylic acids is 1. The van der Waals surface area contributed by atoms with Crippen LogP contribution in [0.2, 0.25) is 0 Å². The van der Waals surface area contributed by atoms with Gasteiger partial charge in [0.25, 0.3) is 0 Å². The molecule has 1 aromatic rings. The largest absolute Gasteiger partial charge is 0.480 e. The third-order valence-electron chi connectivity index (χ3n) is 4.75. The summed E-state index contributed by atoms with van der Waals surface area (Å²) in [5.41, 5.74) is 0.934. The quantitative estimate of drug-likeness (QED) is 0.799. The van der Waals surface area contributed by atoms with Crippen molar-refractivity contribution in [2.75, 3.05) is 13.1 Å². The number of carbonyl (C=O) groups is 2. The minimum atomic E-state index is -3.90. The highest BCUT2D eigenvalue weighted by atomic mass is 32.2. The second-order valence-corrected chi connectivity index (χ2v) is 8.90. The van der Waals surface area contributed by atoms with E-state index in [1.165, 1.54) is 17.0 Å². The topological polar surface area (TPSA) is 91.8 Å². The zero-order valence-electron chi connectivity index (χ0n) is 14.7. The average Bonchev–Trinajstić information content (AvgIpc) is 3.05. The van der Waals surface area contributed by atoms with Crippen LogP contribution in [0.4, 0.5) is 0 Å². The number of carboxylic acids is 1. The van der Waals surface area contributed by atoms with Gasteiger partial charge in [-0.25, -0.2) is 8.42 Å². The lowest BCUT2D eigenvalue weighted by Gasteiger charge is -2.33. The number of nitrogens with zero attached hydrogens (tertiary/aromatic N) is 1. The normalized spacial score (nSPS) is 16.6. The molecule has 1 amide bonds. The summed E-state index contributed by atoms with van der Waals surface area (Å²) >= 11 is 0. The Hall–Kier alpha value is -1.89. The minimum absolute atomic E-state index is 0.125. The molecule has 1 aromatic carbocycles. The van der Waals surface area contributed by atoms with Gasteiger partial charge in [0, 0.05) is 6.54 Å². The van der Waals surface area contributed by atoms with Crippen LogP contribution in [0.3, 0.4) is 0 Å². The standard InChI is InChI=1S/C18H25NO5S/c1-3-12-19(13-16(20)21)17(22)18(10-4-5-11-18)25(23,24)15-8-6-14(2)7-9-15/h6-9H,3-5,10-13H2,1-2H3,(H,20,21). The maximum absolute atomic E-state index is 13.3. The molecule has 0 bridgehead atoms. The van der Waals surface area contributed by atoms with Gasteiger partial charge in [-0.1, -0.05) is 37.5 Å². The fourth-order valence-corrected chi connectivity index (χ4v) is 5.59. The second-order valence-electron chi connectivity index (χ2n) is 6.64. The molecule has 0 saturated heterocycles. The van der Waals surface area contributed by atoms with E-state index in [2.05, 4.69) is 0 Å². The maximum Gasteiger partial charge on any atom is 0.323 e. The number of sulfone groups is 1. The van der Waals surface area contributed by atoms with E-state index in [9.17, 15) is 18.0 Å². The summed E-state index contributed by atoms with van der Waals surface area (Å²) in [6, 6.07) is 6.47. The van der Waals surface area contributed by atoms with Gasteiger partial charge in [0.15, 0.2) is 14.6 Å². The Bertz CT molecular complexity index is 733. The third-order valence-corrected chi connectivity index (χ3v) is 7.26. The van der Waals surface area contributed by atoms with E-state index in [1.807, 2.05) is 13.8 Å². The summed E-state index contributed by atoms with van der Waals surface area (Å²) in [4.78, 5) is 25.6. The van der Waals surface area contributed by atoms with Crippen LogP contribution in [0, 0.1) is 6.92 Å². The lowest BCUT2D eigenvalue weighted by molar-refractivity contribution is -0.145. The number of amides is 1. The molecule has 0 radical (unpaired) electrons. The van der Waals surface area contributed by atoms with E-state index in [1.54, 1.807) is 12.1 Å². The van der Waals surface area contributed by atoms with Gasteiger partial charge in [-0.05, 0) is 38.3 Å². The predicted octanol–water partition coefficient (Wildman–Crippen LogP) is 2.40. The van der Waals surface area contributed by atoms with E-state index in [0.717, 1.165) is 5.56 Å². The summed E-state index contributed by atoms with van der Waals surface area (Å²) < 4.78 is 25.1. The highest BCUT2D eigenvalue weighted by Gasteiger charge is 2.54. The zero-order chi connectivity index (χ0) is 18.7. The number of aryl methyl sites for hydroxylation is 1. The molecule has 0 atom stereocenters. The van der Waals surface area contributed by atoms with E-state index < -0.39 is 33.0 Å². The van der Waals surface area contributed by atoms with E-state index in [-0.39, 0.29) is 24.3 Å². The average molecular weight is 367 g/mol. The summed E-state index contributed by atoms with van der Waals surface area (Å²) in [6.45, 7) is 3.45. The first-order valence-electron chi connectivity index (χ1n) is 8.57. The van der Waals surface area contributed by atoms with Crippen LogP contribution in [-0.4, -0.2) is 48.1 Å². The Morgan fingerprint density at radius 3 is 2.20 bits per heavy atom. The first-order chi connectivity index (χ1) is 11.7. The molecule has 0 unspecified atom stereocenters. The molecule has 1 aliphatic rings. The smallest absolute Gasteiger partial charge is 0.323 e. The minimum Gasteiger partial charge on any atom is -0.480 e. The zero-order valence-corrected chi connectivity index (χ0v) is 15.5. The number of hydrogen-bond donors (Lipinski definition) is 1. The fraction of sp³-hybridized carbons (Fsp3) is 0.556. The van der Waals surface area contributed by atoms with Gasteiger partial charge in [0.2, 0.25) is 5.91 Å². The van der Waals surface area contributed by atoms with Crippen molar-refractivity contribution in [2.24, 2.45) is 0 Å².